The molecule has 0 N–H and O–H groups in total. The second-order valence-electron chi connectivity index (χ2n) is 6.11. The van der Waals surface area contributed by atoms with Gasteiger partial charge in [-0.05, 0) is 12.1 Å². The Balaban J connectivity index is 1.76. The number of imide groups is 1. The first-order chi connectivity index (χ1) is 10.4. The van der Waals surface area contributed by atoms with Gasteiger partial charge in [0, 0.05) is 30.7 Å². The number of fused-ring (bicyclic) bond motifs is 1. The minimum absolute atomic E-state index is 0.0542. The molecule has 7 nitrogen and oxygen atoms in total. The molecule has 0 aromatic heterocycles. The van der Waals surface area contributed by atoms with E-state index in [0.717, 1.165) is 0 Å². The summed E-state index contributed by atoms with van der Waals surface area (Å²) < 4.78 is 5.33. The Hall–Kier alpha value is -2.28. The van der Waals surface area contributed by atoms with Crippen molar-refractivity contribution in [2.24, 2.45) is 5.92 Å². The van der Waals surface area contributed by atoms with Crippen molar-refractivity contribution in [2.45, 2.75) is 18.9 Å². The van der Waals surface area contributed by atoms with Gasteiger partial charge in [-0.1, -0.05) is 12.1 Å². The molecule has 2 aliphatic rings. The van der Waals surface area contributed by atoms with Crippen molar-refractivity contribution in [1.82, 2.24) is 4.90 Å². The average molecular weight is 304 g/mol. The Morgan fingerprint density at radius 3 is 2.45 bits per heavy atom. The minimum Gasteiger partial charge on any atom is -0.374 e. The summed E-state index contributed by atoms with van der Waals surface area (Å²) in [5.41, 5.74) is -0.385. The Bertz CT molecular complexity index is 624. The summed E-state index contributed by atoms with van der Waals surface area (Å²) in [7, 11) is 0. The first kappa shape index (κ1) is 14.6. The summed E-state index contributed by atoms with van der Waals surface area (Å²) in [6.45, 7) is 2.05. The minimum atomic E-state index is -1.17. The van der Waals surface area contributed by atoms with E-state index < -0.39 is 5.54 Å². The van der Waals surface area contributed by atoms with Crippen LogP contribution >= 0.6 is 0 Å². The van der Waals surface area contributed by atoms with Crippen molar-refractivity contribution >= 4 is 11.8 Å². The predicted molar refractivity (Wildman–Crippen MR) is 76.1 cm³/mol. The molecule has 0 spiro atoms. The molecule has 2 heterocycles. The number of hydrogen-bond acceptors (Lipinski definition) is 5. The number of amides is 2. The summed E-state index contributed by atoms with van der Waals surface area (Å²) in [6.07, 6.45) is 0.285. The van der Waals surface area contributed by atoms with Crippen LogP contribution < -0.4 is 0 Å². The highest BCUT2D eigenvalue weighted by Gasteiger charge is 2.45. The van der Waals surface area contributed by atoms with Crippen LogP contribution in [0.2, 0.25) is 0 Å². The molecular weight excluding hydrogens is 288 g/mol. The lowest BCUT2D eigenvalue weighted by molar-refractivity contribution is -0.576. The lowest BCUT2D eigenvalue weighted by Gasteiger charge is -2.32. The van der Waals surface area contributed by atoms with Crippen molar-refractivity contribution in [2.75, 3.05) is 19.8 Å². The molecule has 1 aromatic carbocycles. The molecule has 0 saturated carbocycles. The van der Waals surface area contributed by atoms with Gasteiger partial charge in [0.05, 0.1) is 17.7 Å². The molecule has 2 amide bonds. The van der Waals surface area contributed by atoms with Gasteiger partial charge in [-0.3, -0.25) is 24.6 Å². The fraction of sp³-hybridized carbons (Fsp3) is 0.467. The van der Waals surface area contributed by atoms with Crippen LogP contribution in [0.4, 0.5) is 0 Å². The van der Waals surface area contributed by atoms with Crippen LogP contribution in [0.5, 0.6) is 0 Å². The van der Waals surface area contributed by atoms with Crippen molar-refractivity contribution in [1.29, 1.82) is 0 Å². The lowest BCUT2D eigenvalue weighted by atomic mass is 9.88. The largest absolute Gasteiger partial charge is 0.374 e. The molecule has 7 heteroatoms. The maximum absolute atomic E-state index is 12.3. The van der Waals surface area contributed by atoms with Crippen LogP contribution in [0.15, 0.2) is 24.3 Å². The molecule has 0 bridgehead atoms. The van der Waals surface area contributed by atoms with Crippen LogP contribution in [0.25, 0.3) is 0 Å². The lowest BCUT2D eigenvalue weighted by Crippen LogP contribution is -2.49. The molecular formula is C15H16N2O5. The zero-order valence-electron chi connectivity index (χ0n) is 12.2. The zero-order chi connectivity index (χ0) is 15.9. The van der Waals surface area contributed by atoms with Gasteiger partial charge >= 0.3 is 0 Å². The molecule has 1 saturated heterocycles. The number of rotatable bonds is 3. The Kier molecular flexibility index (Phi) is 3.44. The molecule has 0 aliphatic carbocycles. The number of nitro groups is 1. The third kappa shape index (κ3) is 2.27. The van der Waals surface area contributed by atoms with E-state index in [-0.39, 0.29) is 42.2 Å². The molecule has 1 fully saturated rings. The van der Waals surface area contributed by atoms with Crippen molar-refractivity contribution in [3.63, 3.8) is 0 Å². The van der Waals surface area contributed by atoms with Gasteiger partial charge < -0.3 is 4.74 Å². The zero-order valence-corrected chi connectivity index (χ0v) is 12.2. The van der Waals surface area contributed by atoms with Crippen LogP contribution in [0, 0.1) is 16.0 Å². The number of benzene rings is 1. The highest BCUT2D eigenvalue weighted by molar-refractivity contribution is 6.21. The smallest absolute Gasteiger partial charge is 0.261 e. The van der Waals surface area contributed by atoms with E-state index in [4.69, 9.17) is 4.74 Å². The normalized spacial score (nSPS) is 27.9. The topological polar surface area (TPSA) is 89.8 Å². The van der Waals surface area contributed by atoms with E-state index in [1.807, 2.05) is 0 Å². The van der Waals surface area contributed by atoms with E-state index in [2.05, 4.69) is 0 Å². The van der Waals surface area contributed by atoms with E-state index in [1.165, 1.54) is 11.8 Å². The second-order valence-corrected chi connectivity index (χ2v) is 6.11. The van der Waals surface area contributed by atoms with E-state index in [9.17, 15) is 19.7 Å². The van der Waals surface area contributed by atoms with Crippen LogP contribution in [-0.4, -0.2) is 46.9 Å². The molecule has 0 radical (unpaired) electrons. The first-order valence-electron chi connectivity index (χ1n) is 7.10. The van der Waals surface area contributed by atoms with Gasteiger partial charge in [-0.15, -0.1) is 0 Å². The Morgan fingerprint density at radius 1 is 1.32 bits per heavy atom. The number of hydrogen-bond donors (Lipinski definition) is 0. The maximum Gasteiger partial charge on any atom is 0.261 e. The van der Waals surface area contributed by atoms with Gasteiger partial charge in [0.2, 0.25) is 5.54 Å². The first-order valence-corrected chi connectivity index (χ1v) is 7.10. The van der Waals surface area contributed by atoms with Crippen molar-refractivity contribution in [3.05, 3.63) is 45.5 Å². The summed E-state index contributed by atoms with van der Waals surface area (Å²) in [5, 5.41) is 11.1. The highest BCUT2D eigenvalue weighted by atomic mass is 16.6. The van der Waals surface area contributed by atoms with E-state index >= 15 is 0 Å². The summed E-state index contributed by atoms with van der Waals surface area (Å²) in [6, 6.07) is 6.66. The van der Waals surface area contributed by atoms with Crippen LogP contribution in [-0.2, 0) is 4.74 Å². The third-order valence-corrected chi connectivity index (χ3v) is 4.25. The summed E-state index contributed by atoms with van der Waals surface area (Å²) >= 11 is 0. The molecule has 3 rings (SSSR count). The van der Waals surface area contributed by atoms with Crippen LogP contribution in [0.3, 0.4) is 0 Å². The van der Waals surface area contributed by atoms with Gasteiger partial charge in [-0.2, -0.15) is 0 Å². The predicted octanol–water partition coefficient (Wildman–Crippen LogP) is 1.35. The summed E-state index contributed by atoms with van der Waals surface area (Å²) in [5.74, 6) is -0.908. The molecule has 2 aliphatic heterocycles. The number of nitrogens with zero attached hydrogens (tertiary/aromatic N) is 2. The molecule has 116 valence electrons. The molecule has 2 unspecified atom stereocenters. The van der Waals surface area contributed by atoms with Gasteiger partial charge in [0.1, 0.15) is 6.61 Å². The number of carbonyl (C=O) groups is 2. The van der Waals surface area contributed by atoms with Gasteiger partial charge in [0.15, 0.2) is 0 Å². The summed E-state index contributed by atoms with van der Waals surface area (Å²) in [4.78, 5) is 36.6. The fourth-order valence-corrected chi connectivity index (χ4v) is 3.09. The molecule has 2 atom stereocenters. The maximum atomic E-state index is 12.3. The number of carbonyl (C=O) groups excluding carboxylic acids is 2. The second kappa shape index (κ2) is 5.17. The van der Waals surface area contributed by atoms with Gasteiger partial charge in [-0.25, -0.2) is 0 Å². The Morgan fingerprint density at radius 2 is 1.91 bits per heavy atom. The van der Waals surface area contributed by atoms with Crippen LogP contribution in [0.1, 0.15) is 34.1 Å². The Labute approximate surface area is 127 Å². The monoisotopic (exact) mass is 304 g/mol. The van der Waals surface area contributed by atoms with E-state index in [1.54, 1.807) is 24.3 Å². The fourth-order valence-electron chi connectivity index (χ4n) is 3.09. The quantitative estimate of drug-likeness (QED) is 0.478. The van der Waals surface area contributed by atoms with Crippen molar-refractivity contribution in [3.8, 4) is 0 Å². The van der Waals surface area contributed by atoms with E-state index in [0.29, 0.717) is 17.7 Å². The highest BCUT2D eigenvalue weighted by Crippen LogP contribution is 2.29. The molecule has 22 heavy (non-hydrogen) atoms. The standard InChI is InChI=1S/C15H16N2O5/c1-15(17(20)21)6-10(8-22-9-15)7-16-13(18)11-4-2-3-5-12(11)14(16)19/h2-5,10H,6-9H2,1H3. The molecule has 1 aromatic rings. The third-order valence-electron chi connectivity index (χ3n) is 4.25. The SMILES string of the molecule is CC1([N+](=O)[O-])COCC(CN2C(=O)c3ccccc3C2=O)C1. The van der Waals surface area contributed by atoms with Gasteiger partial charge in [0.25, 0.3) is 11.8 Å². The average Bonchev–Trinajstić information content (AvgIpc) is 2.73. The number of ether oxygens (including phenoxy) is 1. The van der Waals surface area contributed by atoms with Crippen molar-refractivity contribution < 1.29 is 19.2 Å².